The smallest absolute Gasteiger partial charge is 0.326 e. The predicted octanol–water partition coefficient (Wildman–Crippen LogP) is -1.02. The van der Waals surface area contributed by atoms with Crippen molar-refractivity contribution >= 4 is 17.9 Å². The number of carboxylic acid groups (broad SMARTS) is 1. The Morgan fingerprint density at radius 2 is 2.00 bits per heavy atom. The average Bonchev–Trinajstić information content (AvgIpc) is 2.11. The van der Waals surface area contributed by atoms with Crippen molar-refractivity contribution < 1.29 is 19.5 Å². The van der Waals surface area contributed by atoms with E-state index in [9.17, 15) is 14.4 Å². The first-order valence-electron chi connectivity index (χ1n) is 4.41. The van der Waals surface area contributed by atoms with E-state index in [2.05, 4.69) is 5.32 Å². The van der Waals surface area contributed by atoms with Crippen LogP contribution in [0.5, 0.6) is 0 Å². The van der Waals surface area contributed by atoms with Gasteiger partial charge in [-0.1, -0.05) is 6.92 Å². The van der Waals surface area contributed by atoms with E-state index in [0.717, 1.165) is 4.90 Å². The molecule has 0 spiro atoms. The Bertz CT molecular complexity index is 267. The number of nitrogens with two attached hydrogens (primary N) is 1. The van der Waals surface area contributed by atoms with Gasteiger partial charge in [0.1, 0.15) is 12.6 Å². The van der Waals surface area contributed by atoms with Crippen LogP contribution in [0.3, 0.4) is 0 Å². The summed E-state index contributed by atoms with van der Waals surface area (Å²) in [7, 11) is 1.36. The SMILES string of the molecule is CCC(NC(=O)N(C)CC(N)=O)C(=O)O. The zero-order valence-electron chi connectivity index (χ0n) is 8.69. The molecule has 1 unspecified atom stereocenters. The van der Waals surface area contributed by atoms with Crippen LogP contribution in [0.4, 0.5) is 4.79 Å². The van der Waals surface area contributed by atoms with Crippen LogP contribution in [-0.2, 0) is 9.59 Å². The molecule has 15 heavy (non-hydrogen) atoms. The van der Waals surface area contributed by atoms with Gasteiger partial charge in [-0.15, -0.1) is 0 Å². The number of aliphatic carboxylic acids is 1. The van der Waals surface area contributed by atoms with Gasteiger partial charge in [-0.2, -0.15) is 0 Å². The maximum absolute atomic E-state index is 11.3. The van der Waals surface area contributed by atoms with Crippen molar-refractivity contribution in [3.8, 4) is 0 Å². The second kappa shape index (κ2) is 5.84. The molecular weight excluding hydrogens is 202 g/mol. The van der Waals surface area contributed by atoms with Crippen molar-refractivity contribution in [2.24, 2.45) is 5.73 Å². The molecule has 0 aromatic carbocycles. The van der Waals surface area contributed by atoms with Crippen LogP contribution >= 0.6 is 0 Å². The summed E-state index contributed by atoms with van der Waals surface area (Å²) in [6.07, 6.45) is 0.269. The molecule has 0 fully saturated rings. The zero-order valence-corrected chi connectivity index (χ0v) is 8.69. The van der Waals surface area contributed by atoms with Gasteiger partial charge in [0, 0.05) is 7.05 Å². The Morgan fingerprint density at radius 3 is 2.33 bits per heavy atom. The second-order valence-electron chi connectivity index (χ2n) is 3.07. The molecule has 7 nitrogen and oxygen atoms in total. The van der Waals surface area contributed by atoms with Crippen LogP contribution in [0.15, 0.2) is 0 Å². The Morgan fingerprint density at radius 1 is 1.47 bits per heavy atom. The molecule has 3 amide bonds. The number of rotatable bonds is 5. The summed E-state index contributed by atoms with van der Waals surface area (Å²) >= 11 is 0. The molecule has 7 heteroatoms. The summed E-state index contributed by atoms with van der Waals surface area (Å²) in [5.41, 5.74) is 4.88. The van der Waals surface area contributed by atoms with Gasteiger partial charge >= 0.3 is 12.0 Å². The van der Waals surface area contributed by atoms with Crippen molar-refractivity contribution in [1.29, 1.82) is 0 Å². The summed E-state index contributed by atoms with van der Waals surface area (Å²) in [5, 5.41) is 10.9. The van der Waals surface area contributed by atoms with E-state index in [1.54, 1.807) is 6.92 Å². The largest absolute Gasteiger partial charge is 0.480 e. The summed E-state index contributed by atoms with van der Waals surface area (Å²) < 4.78 is 0. The number of hydrogen-bond donors (Lipinski definition) is 3. The lowest BCUT2D eigenvalue weighted by Crippen LogP contribution is -2.48. The van der Waals surface area contributed by atoms with Crippen LogP contribution in [0, 0.1) is 0 Å². The van der Waals surface area contributed by atoms with Gasteiger partial charge in [0.05, 0.1) is 0 Å². The minimum Gasteiger partial charge on any atom is -0.480 e. The number of carboxylic acids is 1. The van der Waals surface area contributed by atoms with Crippen LogP contribution < -0.4 is 11.1 Å². The minimum atomic E-state index is -1.11. The molecule has 86 valence electrons. The number of nitrogens with zero attached hydrogens (tertiary/aromatic N) is 1. The fourth-order valence-electron chi connectivity index (χ4n) is 0.903. The Balaban J connectivity index is 4.21. The van der Waals surface area contributed by atoms with Crippen LogP contribution in [0.2, 0.25) is 0 Å². The fourth-order valence-corrected chi connectivity index (χ4v) is 0.903. The Kier molecular flexibility index (Phi) is 5.14. The lowest BCUT2D eigenvalue weighted by Gasteiger charge is -2.19. The third kappa shape index (κ3) is 4.84. The molecule has 0 aromatic rings. The van der Waals surface area contributed by atoms with Crippen molar-refractivity contribution in [1.82, 2.24) is 10.2 Å². The molecule has 0 heterocycles. The van der Waals surface area contributed by atoms with Gasteiger partial charge < -0.3 is 21.1 Å². The molecule has 0 aliphatic carbocycles. The van der Waals surface area contributed by atoms with Crippen molar-refractivity contribution in [3.05, 3.63) is 0 Å². The molecule has 0 saturated heterocycles. The van der Waals surface area contributed by atoms with E-state index >= 15 is 0 Å². The normalized spacial score (nSPS) is 11.6. The van der Waals surface area contributed by atoms with E-state index in [-0.39, 0.29) is 13.0 Å². The molecular formula is C8H15N3O4. The van der Waals surface area contributed by atoms with Gasteiger partial charge in [-0.3, -0.25) is 4.79 Å². The van der Waals surface area contributed by atoms with Crippen LogP contribution in [0.1, 0.15) is 13.3 Å². The number of carbonyl (C=O) groups is 3. The number of likely N-dealkylation sites (N-methyl/N-ethyl adjacent to an activating group) is 1. The molecule has 1 atom stereocenters. The monoisotopic (exact) mass is 217 g/mol. The first-order valence-corrected chi connectivity index (χ1v) is 4.41. The lowest BCUT2D eigenvalue weighted by molar-refractivity contribution is -0.139. The number of nitrogens with one attached hydrogen (secondary N) is 1. The van der Waals surface area contributed by atoms with Crippen LogP contribution in [0.25, 0.3) is 0 Å². The van der Waals surface area contributed by atoms with Crippen molar-refractivity contribution in [2.45, 2.75) is 19.4 Å². The molecule has 4 N–H and O–H groups in total. The number of carbonyl (C=O) groups excluding carboxylic acids is 2. The third-order valence-corrected chi connectivity index (χ3v) is 1.74. The van der Waals surface area contributed by atoms with E-state index in [0.29, 0.717) is 0 Å². The van der Waals surface area contributed by atoms with E-state index in [1.165, 1.54) is 7.05 Å². The predicted molar refractivity (Wildman–Crippen MR) is 52.1 cm³/mol. The van der Waals surface area contributed by atoms with Gasteiger partial charge in [0.15, 0.2) is 0 Å². The highest BCUT2D eigenvalue weighted by molar-refractivity contribution is 5.85. The molecule has 0 aliphatic rings. The highest BCUT2D eigenvalue weighted by atomic mass is 16.4. The lowest BCUT2D eigenvalue weighted by atomic mass is 10.2. The first-order chi connectivity index (χ1) is 6.88. The maximum Gasteiger partial charge on any atom is 0.326 e. The molecule has 0 aliphatic heterocycles. The molecule has 0 bridgehead atoms. The molecule has 0 rings (SSSR count). The van der Waals surface area contributed by atoms with Crippen LogP contribution in [-0.4, -0.2) is 47.5 Å². The average molecular weight is 217 g/mol. The van der Waals surface area contributed by atoms with Gasteiger partial charge in [-0.25, -0.2) is 9.59 Å². The summed E-state index contributed by atoms with van der Waals surface area (Å²) in [6.45, 7) is 1.38. The summed E-state index contributed by atoms with van der Waals surface area (Å²) in [4.78, 5) is 33.4. The summed E-state index contributed by atoms with van der Waals surface area (Å²) in [6, 6.07) is -1.59. The first kappa shape index (κ1) is 13.2. The molecule has 0 saturated carbocycles. The van der Waals surface area contributed by atoms with Gasteiger partial charge in [0.2, 0.25) is 5.91 Å². The third-order valence-electron chi connectivity index (χ3n) is 1.74. The Labute approximate surface area is 87.2 Å². The van der Waals surface area contributed by atoms with Gasteiger partial charge in [0.25, 0.3) is 0 Å². The standard InChI is InChI=1S/C8H15N3O4/c1-3-5(7(13)14)10-8(15)11(2)4-6(9)12/h5H,3-4H2,1-2H3,(H2,9,12)(H,10,15)(H,13,14). The minimum absolute atomic E-state index is 0.248. The second-order valence-corrected chi connectivity index (χ2v) is 3.07. The number of primary amides is 1. The highest BCUT2D eigenvalue weighted by Crippen LogP contribution is 1.93. The quantitative estimate of drug-likeness (QED) is 0.546. The summed E-state index contributed by atoms with van der Waals surface area (Å²) in [5.74, 6) is -1.77. The van der Waals surface area contributed by atoms with E-state index < -0.39 is 23.9 Å². The Hall–Kier alpha value is -1.79. The number of amides is 3. The fraction of sp³-hybridized carbons (Fsp3) is 0.625. The zero-order chi connectivity index (χ0) is 12.0. The number of urea groups is 1. The van der Waals surface area contributed by atoms with E-state index in [1.807, 2.05) is 0 Å². The van der Waals surface area contributed by atoms with E-state index in [4.69, 9.17) is 10.8 Å². The molecule has 0 radical (unpaired) electrons. The topological polar surface area (TPSA) is 113 Å². The number of hydrogen-bond acceptors (Lipinski definition) is 3. The van der Waals surface area contributed by atoms with Gasteiger partial charge in [-0.05, 0) is 6.42 Å². The van der Waals surface area contributed by atoms with Crippen molar-refractivity contribution in [3.63, 3.8) is 0 Å². The van der Waals surface area contributed by atoms with Crippen molar-refractivity contribution in [2.75, 3.05) is 13.6 Å². The molecule has 0 aromatic heterocycles. The maximum atomic E-state index is 11.3. The highest BCUT2D eigenvalue weighted by Gasteiger charge is 2.20.